The first kappa shape index (κ1) is 19.3. The smallest absolute Gasteiger partial charge is 0.273 e. The van der Waals surface area contributed by atoms with Gasteiger partial charge in [0.1, 0.15) is 6.54 Å². The van der Waals surface area contributed by atoms with E-state index >= 15 is 0 Å². The lowest BCUT2D eigenvalue weighted by molar-refractivity contribution is -0.132. The summed E-state index contributed by atoms with van der Waals surface area (Å²) < 4.78 is 1.10. The zero-order chi connectivity index (χ0) is 20.5. The Balaban J connectivity index is 1.48. The molecule has 0 atom stereocenters. The number of carbonyl (C=O) groups is 1. The molecule has 0 unspecified atom stereocenters. The van der Waals surface area contributed by atoms with Crippen molar-refractivity contribution in [1.29, 1.82) is 0 Å². The van der Waals surface area contributed by atoms with Gasteiger partial charge in [-0.15, -0.1) is 0 Å². The predicted octanol–water partition coefficient (Wildman–Crippen LogP) is 2.00. The Morgan fingerprint density at radius 2 is 1.72 bits per heavy atom. The summed E-state index contributed by atoms with van der Waals surface area (Å²) in [7, 11) is 0. The summed E-state index contributed by atoms with van der Waals surface area (Å²) in [5, 5.41) is 3.83. The van der Waals surface area contributed by atoms with Gasteiger partial charge in [0.2, 0.25) is 5.91 Å². The van der Waals surface area contributed by atoms with Crippen LogP contribution in [0.15, 0.2) is 52.1 Å². The summed E-state index contributed by atoms with van der Waals surface area (Å²) in [6.07, 6.45) is 0. The number of rotatable bonds is 3. The number of aromatic nitrogens is 2. The Morgan fingerprint density at radius 3 is 2.45 bits per heavy atom. The quantitative estimate of drug-likeness (QED) is 0.713. The molecule has 7 nitrogen and oxygen atoms in total. The van der Waals surface area contributed by atoms with Gasteiger partial charge in [-0.2, -0.15) is 0 Å². The van der Waals surface area contributed by atoms with Gasteiger partial charge in [0.25, 0.3) is 11.1 Å². The number of aromatic amines is 1. The molecule has 1 aliphatic heterocycles. The summed E-state index contributed by atoms with van der Waals surface area (Å²) in [5.41, 5.74) is 1.45. The third kappa shape index (κ3) is 3.78. The number of hydrogen-bond donors (Lipinski definition) is 1. The Hall–Kier alpha value is -3.06. The maximum atomic E-state index is 12.7. The van der Waals surface area contributed by atoms with E-state index in [1.165, 1.54) is 0 Å². The SMILES string of the molecule is Cc1ccc(Cl)cc1N1CCN(C(=O)Cn2[nH]c(=O)c3ccccc3c2=O)CC1. The van der Waals surface area contributed by atoms with Gasteiger partial charge in [-0.05, 0) is 36.8 Å². The van der Waals surface area contributed by atoms with Crippen molar-refractivity contribution in [2.45, 2.75) is 13.5 Å². The Kier molecular flexibility index (Phi) is 5.15. The van der Waals surface area contributed by atoms with Gasteiger partial charge in [-0.25, -0.2) is 4.68 Å². The number of nitrogens with zero attached hydrogens (tertiary/aromatic N) is 3. The van der Waals surface area contributed by atoms with Gasteiger partial charge >= 0.3 is 0 Å². The third-order valence-corrected chi connectivity index (χ3v) is 5.56. The number of nitrogens with one attached hydrogen (secondary N) is 1. The van der Waals surface area contributed by atoms with Gasteiger partial charge in [0.05, 0.1) is 10.8 Å². The fourth-order valence-corrected chi connectivity index (χ4v) is 3.88. The van der Waals surface area contributed by atoms with Crippen LogP contribution < -0.4 is 16.0 Å². The summed E-state index contributed by atoms with van der Waals surface area (Å²) in [6.45, 7) is 4.28. The van der Waals surface area contributed by atoms with Crippen molar-refractivity contribution < 1.29 is 4.79 Å². The summed E-state index contributed by atoms with van der Waals surface area (Å²) in [5.74, 6) is -0.194. The highest BCUT2D eigenvalue weighted by Crippen LogP contribution is 2.25. The van der Waals surface area contributed by atoms with Crippen LogP contribution in [0.3, 0.4) is 0 Å². The molecular weight excluding hydrogens is 392 g/mol. The lowest BCUT2D eigenvalue weighted by Gasteiger charge is -2.37. The number of halogens is 1. The second kappa shape index (κ2) is 7.75. The molecule has 8 heteroatoms. The van der Waals surface area contributed by atoms with E-state index in [9.17, 15) is 14.4 Å². The van der Waals surface area contributed by atoms with Crippen LogP contribution in [0.2, 0.25) is 5.02 Å². The minimum Gasteiger partial charge on any atom is -0.368 e. The maximum absolute atomic E-state index is 12.7. The van der Waals surface area contributed by atoms with Gasteiger partial charge < -0.3 is 9.80 Å². The fourth-order valence-electron chi connectivity index (χ4n) is 3.71. The van der Waals surface area contributed by atoms with Crippen LogP contribution in [0.4, 0.5) is 5.69 Å². The van der Waals surface area contributed by atoms with Crippen LogP contribution in [0.5, 0.6) is 0 Å². The summed E-state index contributed by atoms with van der Waals surface area (Å²) >= 11 is 6.12. The Morgan fingerprint density at radius 1 is 1.03 bits per heavy atom. The minimum absolute atomic E-state index is 0.185. The van der Waals surface area contributed by atoms with Gasteiger partial charge in [-0.3, -0.25) is 19.5 Å². The fraction of sp³-hybridized carbons (Fsp3) is 0.286. The van der Waals surface area contributed by atoms with Crippen LogP contribution in [-0.4, -0.2) is 46.8 Å². The summed E-state index contributed by atoms with van der Waals surface area (Å²) in [6, 6.07) is 12.4. The number of amides is 1. The number of aryl methyl sites for hydroxylation is 1. The van der Waals surface area contributed by atoms with Crippen molar-refractivity contribution in [3.05, 3.63) is 73.8 Å². The molecule has 3 aromatic rings. The van der Waals surface area contributed by atoms with Crippen molar-refractivity contribution in [2.75, 3.05) is 31.1 Å². The number of hydrogen-bond acceptors (Lipinski definition) is 4. The molecule has 0 spiro atoms. The highest BCUT2D eigenvalue weighted by Gasteiger charge is 2.23. The average Bonchev–Trinajstić information content (AvgIpc) is 2.73. The molecule has 0 aliphatic carbocycles. The zero-order valence-electron chi connectivity index (χ0n) is 16.0. The molecule has 1 N–H and O–H groups in total. The zero-order valence-corrected chi connectivity index (χ0v) is 16.8. The number of carbonyl (C=O) groups excluding carboxylic acids is 1. The molecule has 150 valence electrons. The highest BCUT2D eigenvalue weighted by atomic mass is 35.5. The first-order valence-electron chi connectivity index (χ1n) is 9.45. The van der Waals surface area contributed by atoms with Crippen LogP contribution in [0.1, 0.15) is 5.56 Å². The summed E-state index contributed by atoms with van der Waals surface area (Å²) in [4.78, 5) is 41.5. The molecule has 1 aromatic heterocycles. The molecule has 1 saturated heterocycles. The van der Waals surface area contributed by atoms with Crippen LogP contribution in [0.25, 0.3) is 10.8 Å². The maximum Gasteiger partial charge on any atom is 0.273 e. The molecule has 1 aliphatic rings. The van der Waals surface area contributed by atoms with E-state index in [1.807, 2.05) is 25.1 Å². The molecule has 1 fully saturated rings. The molecule has 0 saturated carbocycles. The van der Waals surface area contributed by atoms with E-state index in [4.69, 9.17) is 11.6 Å². The molecular formula is C21H21ClN4O3. The number of piperazine rings is 1. The topological polar surface area (TPSA) is 78.4 Å². The van der Waals surface area contributed by atoms with E-state index in [2.05, 4.69) is 10.00 Å². The molecule has 4 rings (SSSR count). The first-order chi connectivity index (χ1) is 13.9. The van der Waals surface area contributed by atoms with E-state index < -0.39 is 0 Å². The number of anilines is 1. The number of H-pyrrole nitrogens is 1. The van der Waals surface area contributed by atoms with E-state index in [1.54, 1.807) is 29.2 Å². The van der Waals surface area contributed by atoms with E-state index in [0.29, 0.717) is 42.0 Å². The molecule has 2 heterocycles. The van der Waals surface area contributed by atoms with Crippen LogP contribution in [-0.2, 0) is 11.3 Å². The Labute approximate surface area is 172 Å². The molecule has 1 amide bonds. The van der Waals surface area contributed by atoms with Crippen molar-refractivity contribution >= 4 is 34.0 Å². The second-order valence-electron chi connectivity index (χ2n) is 7.18. The minimum atomic E-state index is -0.380. The van der Waals surface area contributed by atoms with Crippen molar-refractivity contribution in [2.24, 2.45) is 0 Å². The molecule has 0 radical (unpaired) electrons. The van der Waals surface area contributed by atoms with E-state index in [0.717, 1.165) is 15.9 Å². The largest absolute Gasteiger partial charge is 0.368 e. The highest BCUT2D eigenvalue weighted by molar-refractivity contribution is 6.30. The van der Waals surface area contributed by atoms with Crippen molar-refractivity contribution in [1.82, 2.24) is 14.7 Å². The second-order valence-corrected chi connectivity index (χ2v) is 7.61. The van der Waals surface area contributed by atoms with Gasteiger partial charge in [-0.1, -0.05) is 29.8 Å². The number of fused-ring (bicyclic) bond motifs is 1. The normalized spacial score (nSPS) is 14.4. The standard InChI is InChI=1S/C21H21ClN4O3/c1-14-6-7-15(22)12-18(14)24-8-10-25(11-9-24)19(27)13-26-21(29)17-5-3-2-4-16(17)20(28)23-26/h2-7,12H,8-11,13H2,1H3,(H,23,28). The first-order valence-corrected chi connectivity index (χ1v) is 9.82. The van der Waals surface area contributed by atoms with Crippen molar-refractivity contribution in [3.8, 4) is 0 Å². The molecule has 29 heavy (non-hydrogen) atoms. The van der Waals surface area contributed by atoms with Gasteiger partial charge in [0.15, 0.2) is 0 Å². The molecule has 0 bridgehead atoms. The van der Waals surface area contributed by atoms with Crippen LogP contribution >= 0.6 is 11.6 Å². The van der Waals surface area contributed by atoms with Crippen LogP contribution in [0, 0.1) is 6.92 Å². The van der Waals surface area contributed by atoms with Crippen molar-refractivity contribution in [3.63, 3.8) is 0 Å². The monoisotopic (exact) mass is 412 g/mol. The lowest BCUT2D eigenvalue weighted by Crippen LogP contribution is -2.50. The molecule has 2 aromatic carbocycles. The average molecular weight is 413 g/mol. The predicted molar refractivity (Wildman–Crippen MR) is 114 cm³/mol. The lowest BCUT2D eigenvalue weighted by atomic mass is 10.1. The number of benzene rings is 2. The van der Waals surface area contributed by atoms with Gasteiger partial charge in [0, 0.05) is 36.9 Å². The third-order valence-electron chi connectivity index (χ3n) is 5.32. The Bertz CT molecular complexity index is 1190. The van der Waals surface area contributed by atoms with E-state index in [-0.39, 0.29) is 23.6 Å².